The van der Waals surface area contributed by atoms with Crippen molar-refractivity contribution in [3.63, 3.8) is 0 Å². The maximum absolute atomic E-state index is 13.9. The average Bonchev–Trinajstić information content (AvgIpc) is 2.40. The molecule has 1 aromatic rings. The zero-order valence-electron chi connectivity index (χ0n) is 10.9. The van der Waals surface area contributed by atoms with E-state index in [1.165, 1.54) is 4.90 Å². The number of halogens is 6. The van der Waals surface area contributed by atoms with Gasteiger partial charge in [0.25, 0.3) is 6.43 Å². The molecule has 118 valence electrons. The Bertz CT molecular complexity index is 482. The number of nitrogens with zero attached hydrogens (tertiary/aromatic N) is 1. The maximum atomic E-state index is 13.9. The highest BCUT2D eigenvalue weighted by Gasteiger charge is 2.35. The second-order valence-corrected chi connectivity index (χ2v) is 4.80. The van der Waals surface area contributed by atoms with Gasteiger partial charge in [-0.15, -0.1) is 0 Å². The SMILES string of the molecule is Fc1cc(C(F)(F)F)ccc1[C@@H](C(F)F)N1CCNCC1. The molecule has 1 atom stereocenters. The van der Waals surface area contributed by atoms with Gasteiger partial charge in [-0.1, -0.05) is 6.07 Å². The second kappa shape index (κ2) is 6.23. The van der Waals surface area contributed by atoms with Gasteiger partial charge in [-0.25, -0.2) is 13.2 Å². The molecular weight excluding hydrogens is 298 g/mol. The van der Waals surface area contributed by atoms with Gasteiger partial charge in [-0.05, 0) is 12.1 Å². The number of hydrogen-bond donors (Lipinski definition) is 1. The van der Waals surface area contributed by atoms with E-state index in [0.29, 0.717) is 19.2 Å². The molecule has 0 aliphatic carbocycles. The minimum Gasteiger partial charge on any atom is -0.314 e. The Morgan fingerprint density at radius 3 is 2.19 bits per heavy atom. The first-order valence-electron chi connectivity index (χ1n) is 6.40. The molecule has 0 unspecified atom stereocenters. The molecule has 0 aromatic heterocycles. The molecule has 0 radical (unpaired) electrons. The van der Waals surface area contributed by atoms with Gasteiger partial charge in [0.15, 0.2) is 0 Å². The fourth-order valence-corrected chi connectivity index (χ4v) is 2.40. The molecule has 8 heteroatoms. The van der Waals surface area contributed by atoms with Crippen LogP contribution in [0.15, 0.2) is 18.2 Å². The van der Waals surface area contributed by atoms with Crippen molar-refractivity contribution in [1.29, 1.82) is 0 Å². The summed E-state index contributed by atoms with van der Waals surface area (Å²) in [6, 6.07) is 0.175. The fraction of sp³-hybridized carbons (Fsp3) is 0.538. The highest BCUT2D eigenvalue weighted by Crippen LogP contribution is 2.34. The van der Waals surface area contributed by atoms with Crippen LogP contribution in [-0.2, 0) is 6.18 Å². The van der Waals surface area contributed by atoms with Crippen LogP contribution in [-0.4, -0.2) is 37.5 Å². The number of rotatable bonds is 3. The van der Waals surface area contributed by atoms with E-state index in [1.54, 1.807) is 0 Å². The van der Waals surface area contributed by atoms with E-state index >= 15 is 0 Å². The van der Waals surface area contributed by atoms with Crippen LogP contribution < -0.4 is 5.32 Å². The molecule has 2 rings (SSSR count). The molecule has 1 aliphatic rings. The van der Waals surface area contributed by atoms with Gasteiger partial charge in [0.1, 0.15) is 5.82 Å². The van der Waals surface area contributed by atoms with E-state index < -0.39 is 35.6 Å². The van der Waals surface area contributed by atoms with Crippen LogP contribution in [0.2, 0.25) is 0 Å². The van der Waals surface area contributed by atoms with E-state index in [1.807, 2.05) is 0 Å². The summed E-state index contributed by atoms with van der Waals surface area (Å²) in [5.41, 5.74) is -1.59. The van der Waals surface area contributed by atoms with Gasteiger partial charge in [-0.3, -0.25) is 4.90 Å². The minimum absolute atomic E-state index is 0.271. The molecule has 0 bridgehead atoms. The van der Waals surface area contributed by atoms with Crippen LogP contribution in [0.4, 0.5) is 26.3 Å². The first kappa shape index (κ1) is 16.1. The molecule has 0 amide bonds. The Morgan fingerprint density at radius 2 is 1.71 bits per heavy atom. The van der Waals surface area contributed by atoms with Crippen molar-refractivity contribution in [3.8, 4) is 0 Å². The van der Waals surface area contributed by atoms with Gasteiger partial charge >= 0.3 is 6.18 Å². The summed E-state index contributed by atoms with van der Waals surface area (Å²) in [6.45, 7) is 1.53. The first-order valence-corrected chi connectivity index (χ1v) is 6.40. The van der Waals surface area contributed by atoms with Gasteiger partial charge < -0.3 is 5.32 Å². The third kappa shape index (κ3) is 3.68. The van der Waals surface area contributed by atoms with Crippen molar-refractivity contribution in [2.24, 2.45) is 0 Å². The van der Waals surface area contributed by atoms with E-state index in [2.05, 4.69) is 5.32 Å². The Labute approximate surface area is 117 Å². The van der Waals surface area contributed by atoms with Crippen LogP contribution in [0.25, 0.3) is 0 Å². The molecule has 1 fully saturated rings. The largest absolute Gasteiger partial charge is 0.416 e. The average molecular weight is 312 g/mol. The summed E-state index contributed by atoms with van der Waals surface area (Å²) in [5, 5.41) is 2.97. The van der Waals surface area contributed by atoms with Crippen LogP contribution in [0.3, 0.4) is 0 Å². The van der Waals surface area contributed by atoms with Crippen molar-refractivity contribution < 1.29 is 26.3 Å². The van der Waals surface area contributed by atoms with Crippen LogP contribution in [0.1, 0.15) is 17.2 Å². The molecule has 1 saturated heterocycles. The molecule has 1 aromatic carbocycles. The smallest absolute Gasteiger partial charge is 0.314 e. The number of nitrogens with one attached hydrogen (secondary N) is 1. The summed E-state index contributed by atoms with van der Waals surface area (Å²) < 4.78 is 77.8. The Morgan fingerprint density at radius 1 is 1.10 bits per heavy atom. The fourth-order valence-electron chi connectivity index (χ4n) is 2.40. The van der Waals surface area contributed by atoms with Gasteiger partial charge in [0, 0.05) is 31.7 Å². The van der Waals surface area contributed by atoms with Crippen molar-refractivity contribution in [1.82, 2.24) is 10.2 Å². The maximum Gasteiger partial charge on any atom is 0.416 e. The van der Waals surface area contributed by atoms with Gasteiger partial charge in [-0.2, -0.15) is 13.2 Å². The molecule has 21 heavy (non-hydrogen) atoms. The predicted molar refractivity (Wildman–Crippen MR) is 64.6 cm³/mol. The summed E-state index contributed by atoms with van der Waals surface area (Å²) in [5.74, 6) is -1.26. The van der Waals surface area contributed by atoms with Crippen molar-refractivity contribution >= 4 is 0 Å². The molecule has 0 saturated carbocycles. The molecule has 1 aliphatic heterocycles. The number of benzene rings is 1. The molecule has 1 N–H and O–H groups in total. The standard InChI is InChI=1S/C13H14F6N2/c14-10-7-8(13(17,18)19)1-2-9(10)11(12(15)16)21-5-3-20-4-6-21/h1-2,7,11-12,20H,3-6H2/t11-/m0/s1. The number of piperazine rings is 1. The Hall–Kier alpha value is -1.28. The zero-order valence-corrected chi connectivity index (χ0v) is 10.9. The Kier molecular flexibility index (Phi) is 4.77. The van der Waals surface area contributed by atoms with Crippen LogP contribution in [0.5, 0.6) is 0 Å². The van der Waals surface area contributed by atoms with E-state index in [9.17, 15) is 26.3 Å². The summed E-state index contributed by atoms with van der Waals surface area (Å²) in [4.78, 5) is 1.38. The van der Waals surface area contributed by atoms with Crippen molar-refractivity contribution in [3.05, 3.63) is 35.1 Å². The summed E-state index contributed by atoms with van der Waals surface area (Å²) >= 11 is 0. The van der Waals surface area contributed by atoms with E-state index in [4.69, 9.17) is 0 Å². The third-order valence-corrected chi connectivity index (χ3v) is 3.43. The highest BCUT2D eigenvalue weighted by molar-refractivity contribution is 5.29. The van der Waals surface area contributed by atoms with Gasteiger partial charge in [0.2, 0.25) is 0 Å². The third-order valence-electron chi connectivity index (χ3n) is 3.43. The number of alkyl halides is 5. The molecular formula is C13H14F6N2. The Balaban J connectivity index is 2.32. The summed E-state index contributed by atoms with van der Waals surface area (Å²) in [7, 11) is 0. The van der Waals surface area contributed by atoms with Crippen LogP contribution in [0, 0.1) is 5.82 Å². The quantitative estimate of drug-likeness (QED) is 0.863. The van der Waals surface area contributed by atoms with E-state index in [-0.39, 0.29) is 19.2 Å². The monoisotopic (exact) mass is 312 g/mol. The predicted octanol–water partition coefficient (Wildman–Crippen LogP) is 3.06. The number of hydrogen-bond acceptors (Lipinski definition) is 2. The van der Waals surface area contributed by atoms with Crippen molar-refractivity contribution in [2.45, 2.75) is 18.6 Å². The molecule has 2 nitrogen and oxygen atoms in total. The molecule has 1 heterocycles. The highest BCUT2D eigenvalue weighted by atomic mass is 19.4. The lowest BCUT2D eigenvalue weighted by atomic mass is 10.0. The minimum atomic E-state index is -4.70. The normalized spacial score (nSPS) is 19.0. The van der Waals surface area contributed by atoms with E-state index in [0.717, 1.165) is 6.07 Å². The lowest BCUT2D eigenvalue weighted by Crippen LogP contribution is -2.47. The lowest BCUT2D eigenvalue weighted by Gasteiger charge is -2.34. The first-order chi connectivity index (χ1) is 9.80. The van der Waals surface area contributed by atoms with Crippen molar-refractivity contribution in [2.75, 3.05) is 26.2 Å². The van der Waals surface area contributed by atoms with Gasteiger partial charge in [0.05, 0.1) is 11.6 Å². The summed E-state index contributed by atoms with van der Waals surface area (Å²) in [6.07, 6.45) is -7.58. The topological polar surface area (TPSA) is 15.3 Å². The lowest BCUT2D eigenvalue weighted by molar-refractivity contribution is -0.137. The van der Waals surface area contributed by atoms with Crippen LogP contribution >= 0.6 is 0 Å². The molecule has 0 spiro atoms. The second-order valence-electron chi connectivity index (χ2n) is 4.80. The zero-order chi connectivity index (χ0) is 15.6.